The first-order valence-corrected chi connectivity index (χ1v) is 6.68. The van der Waals surface area contributed by atoms with Gasteiger partial charge in [-0.2, -0.15) is 0 Å². The smallest absolute Gasteiger partial charge is 0.226 e. The molecule has 0 aromatic carbocycles. The third-order valence-electron chi connectivity index (χ3n) is 4.27. The van der Waals surface area contributed by atoms with Gasteiger partial charge >= 0.3 is 0 Å². The molecule has 2 aliphatic rings. The van der Waals surface area contributed by atoms with E-state index in [1.807, 2.05) is 4.90 Å². The molecule has 1 aliphatic heterocycles. The van der Waals surface area contributed by atoms with Crippen molar-refractivity contribution in [3.63, 3.8) is 0 Å². The van der Waals surface area contributed by atoms with Crippen LogP contribution in [0.3, 0.4) is 0 Å². The lowest BCUT2D eigenvalue weighted by atomic mass is 9.71. The van der Waals surface area contributed by atoms with Crippen molar-refractivity contribution < 1.29 is 9.53 Å². The molecule has 0 unspecified atom stereocenters. The first-order chi connectivity index (χ1) is 8.13. The maximum atomic E-state index is 12.4. The Hall–Kier alpha value is -0.830. The number of hydrogen-bond acceptors (Lipinski definition) is 2. The topological polar surface area (TPSA) is 29.5 Å². The van der Waals surface area contributed by atoms with Crippen LogP contribution in [0.15, 0.2) is 12.2 Å². The predicted octanol–water partition coefficient (Wildman–Crippen LogP) is 2.23. The number of carbonyl (C=O) groups excluding carboxylic acids is 1. The van der Waals surface area contributed by atoms with Gasteiger partial charge in [0.05, 0.1) is 13.2 Å². The highest BCUT2D eigenvalue weighted by Gasteiger charge is 2.36. The SMILES string of the molecule is C[C@@H](C(=O)N1CCOCC1)[C@]1(C)C=CCCC1. The lowest BCUT2D eigenvalue weighted by Crippen LogP contribution is -2.46. The lowest BCUT2D eigenvalue weighted by Gasteiger charge is -2.38. The van der Waals surface area contributed by atoms with E-state index in [9.17, 15) is 4.79 Å². The third-order valence-corrected chi connectivity index (χ3v) is 4.27. The van der Waals surface area contributed by atoms with E-state index in [-0.39, 0.29) is 11.3 Å². The Morgan fingerprint density at radius 3 is 2.71 bits per heavy atom. The van der Waals surface area contributed by atoms with Crippen molar-refractivity contribution in [2.24, 2.45) is 11.3 Å². The van der Waals surface area contributed by atoms with E-state index in [0.29, 0.717) is 19.1 Å². The summed E-state index contributed by atoms with van der Waals surface area (Å²) in [5.74, 6) is 0.375. The molecule has 0 bridgehead atoms. The molecule has 0 aromatic rings. The fourth-order valence-electron chi connectivity index (χ4n) is 2.74. The van der Waals surface area contributed by atoms with Crippen LogP contribution in [0.4, 0.5) is 0 Å². The van der Waals surface area contributed by atoms with Gasteiger partial charge in [0.2, 0.25) is 5.91 Å². The van der Waals surface area contributed by atoms with E-state index in [2.05, 4.69) is 26.0 Å². The highest BCUT2D eigenvalue weighted by atomic mass is 16.5. The fraction of sp³-hybridized carbons (Fsp3) is 0.786. The van der Waals surface area contributed by atoms with Gasteiger partial charge in [0, 0.05) is 19.0 Å². The van der Waals surface area contributed by atoms with E-state index in [1.165, 1.54) is 6.42 Å². The zero-order valence-electron chi connectivity index (χ0n) is 10.9. The van der Waals surface area contributed by atoms with Gasteiger partial charge in [-0.05, 0) is 24.7 Å². The summed E-state index contributed by atoms with van der Waals surface area (Å²) < 4.78 is 5.29. The molecule has 2 atom stereocenters. The first-order valence-electron chi connectivity index (χ1n) is 6.68. The predicted molar refractivity (Wildman–Crippen MR) is 67.7 cm³/mol. The molecule has 17 heavy (non-hydrogen) atoms. The van der Waals surface area contributed by atoms with Crippen molar-refractivity contribution in [2.75, 3.05) is 26.3 Å². The number of nitrogens with zero attached hydrogens (tertiary/aromatic N) is 1. The number of allylic oxidation sites excluding steroid dienone is 2. The van der Waals surface area contributed by atoms with Crippen LogP contribution >= 0.6 is 0 Å². The minimum Gasteiger partial charge on any atom is -0.378 e. The summed E-state index contributed by atoms with van der Waals surface area (Å²) in [6.45, 7) is 7.17. The molecule has 3 heteroatoms. The lowest BCUT2D eigenvalue weighted by molar-refractivity contribution is -0.142. The monoisotopic (exact) mass is 237 g/mol. The van der Waals surface area contributed by atoms with Crippen molar-refractivity contribution in [1.29, 1.82) is 0 Å². The van der Waals surface area contributed by atoms with Crippen LogP contribution in [0.25, 0.3) is 0 Å². The van der Waals surface area contributed by atoms with Crippen LogP contribution in [0.1, 0.15) is 33.1 Å². The van der Waals surface area contributed by atoms with Crippen LogP contribution in [-0.4, -0.2) is 37.1 Å². The van der Waals surface area contributed by atoms with Crippen LogP contribution in [0, 0.1) is 11.3 Å². The number of carbonyl (C=O) groups is 1. The van der Waals surface area contributed by atoms with E-state index in [4.69, 9.17) is 4.74 Å². The summed E-state index contributed by atoms with van der Waals surface area (Å²) in [5.41, 5.74) is 0.0492. The van der Waals surface area contributed by atoms with E-state index in [1.54, 1.807) is 0 Å². The van der Waals surface area contributed by atoms with E-state index >= 15 is 0 Å². The van der Waals surface area contributed by atoms with Gasteiger partial charge in [0.15, 0.2) is 0 Å². The molecule has 1 saturated heterocycles. The molecule has 0 spiro atoms. The van der Waals surface area contributed by atoms with E-state index < -0.39 is 0 Å². The van der Waals surface area contributed by atoms with Crippen molar-refractivity contribution in [3.8, 4) is 0 Å². The van der Waals surface area contributed by atoms with Gasteiger partial charge in [0.25, 0.3) is 0 Å². The zero-order valence-corrected chi connectivity index (χ0v) is 10.9. The average molecular weight is 237 g/mol. The molecule has 1 aliphatic carbocycles. The third kappa shape index (κ3) is 2.71. The maximum absolute atomic E-state index is 12.4. The highest BCUT2D eigenvalue weighted by molar-refractivity contribution is 5.79. The van der Waals surface area contributed by atoms with E-state index in [0.717, 1.165) is 25.9 Å². The molecule has 1 amide bonds. The Morgan fingerprint density at radius 2 is 2.12 bits per heavy atom. The van der Waals surface area contributed by atoms with Gasteiger partial charge in [-0.15, -0.1) is 0 Å². The molecule has 0 radical (unpaired) electrons. The van der Waals surface area contributed by atoms with Gasteiger partial charge in [0.1, 0.15) is 0 Å². The molecule has 96 valence electrons. The molecule has 1 heterocycles. The first kappa shape index (κ1) is 12.6. The Morgan fingerprint density at radius 1 is 1.41 bits per heavy atom. The zero-order chi connectivity index (χ0) is 12.3. The standard InChI is InChI=1S/C14H23NO2/c1-12(14(2)6-4-3-5-7-14)13(16)15-8-10-17-11-9-15/h4,6,12H,3,5,7-11H2,1-2H3/t12-,14+/m0/s1. The normalized spacial score (nSPS) is 31.3. The number of rotatable bonds is 2. The van der Waals surface area contributed by atoms with Crippen LogP contribution in [0.5, 0.6) is 0 Å². The Labute approximate surface area is 104 Å². The summed E-state index contributed by atoms with van der Waals surface area (Å²) in [5, 5.41) is 0. The van der Waals surface area contributed by atoms with Gasteiger partial charge < -0.3 is 9.64 Å². The summed E-state index contributed by atoms with van der Waals surface area (Å²) in [4.78, 5) is 14.4. The van der Waals surface area contributed by atoms with Gasteiger partial charge in [-0.25, -0.2) is 0 Å². The summed E-state index contributed by atoms with van der Waals surface area (Å²) in [6, 6.07) is 0. The van der Waals surface area contributed by atoms with Gasteiger partial charge in [-0.1, -0.05) is 26.0 Å². The minimum absolute atomic E-state index is 0.0492. The molecule has 0 saturated carbocycles. The largest absolute Gasteiger partial charge is 0.378 e. The second kappa shape index (κ2) is 5.21. The van der Waals surface area contributed by atoms with Crippen LogP contribution < -0.4 is 0 Å². The number of hydrogen-bond donors (Lipinski definition) is 0. The molecule has 1 fully saturated rings. The highest BCUT2D eigenvalue weighted by Crippen LogP contribution is 2.38. The number of ether oxygens (including phenoxy) is 1. The summed E-state index contributed by atoms with van der Waals surface area (Å²) in [6.07, 6.45) is 7.97. The maximum Gasteiger partial charge on any atom is 0.226 e. The molecular formula is C14H23NO2. The summed E-state index contributed by atoms with van der Waals surface area (Å²) >= 11 is 0. The molecule has 3 nitrogen and oxygen atoms in total. The van der Waals surface area contributed by atoms with Crippen molar-refractivity contribution >= 4 is 5.91 Å². The van der Waals surface area contributed by atoms with Crippen molar-refractivity contribution in [3.05, 3.63) is 12.2 Å². The second-order valence-electron chi connectivity index (χ2n) is 5.46. The quantitative estimate of drug-likeness (QED) is 0.689. The molecule has 0 aromatic heterocycles. The number of amides is 1. The Kier molecular flexibility index (Phi) is 3.87. The second-order valence-corrected chi connectivity index (χ2v) is 5.46. The molecule has 2 rings (SSSR count). The summed E-state index contributed by atoms with van der Waals surface area (Å²) in [7, 11) is 0. The van der Waals surface area contributed by atoms with Crippen LogP contribution in [0.2, 0.25) is 0 Å². The minimum atomic E-state index is 0.0492. The average Bonchev–Trinajstić information content (AvgIpc) is 2.39. The Balaban J connectivity index is 2.02. The molecular weight excluding hydrogens is 214 g/mol. The van der Waals surface area contributed by atoms with Crippen molar-refractivity contribution in [2.45, 2.75) is 33.1 Å². The fourth-order valence-corrected chi connectivity index (χ4v) is 2.74. The molecule has 0 N–H and O–H groups in total. The number of morpholine rings is 1. The van der Waals surface area contributed by atoms with Crippen LogP contribution in [-0.2, 0) is 9.53 Å². The van der Waals surface area contributed by atoms with Crippen molar-refractivity contribution in [1.82, 2.24) is 4.90 Å². The Bertz CT molecular complexity index is 307. The van der Waals surface area contributed by atoms with Gasteiger partial charge in [-0.3, -0.25) is 4.79 Å².